The first kappa shape index (κ1) is 7.03. The molecule has 2 nitrogen and oxygen atoms in total. The predicted octanol–water partition coefficient (Wildman–Crippen LogP) is 0.811. The highest BCUT2D eigenvalue weighted by Crippen LogP contribution is 2.01. The molecule has 0 atom stereocenters. The first-order valence-electron chi connectivity index (χ1n) is 3.71. The molecule has 0 spiro atoms. The van der Waals surface area contributed by atoms with Crippen LogP contribution in [0.5, 0.6) is 0 Å². The van der Waals surface area contributed by atoms with Crippen LogP contribution in [-0.2, 0) is 0 Å². The molecule has 2 heteroatoms. The van der Waals surface area contributed by atoms with Gasteiger partial charge in [-0.1, -0.05) is 13.3 Å². The average molecular weight is 127 g/mol. The van der Waals surface area contributed by atoms with Crippen molar-refractivity contribution in [3.63, 3.8) is 0 Å². The van der Waals surface area contributed by atoms with Crippen LogP contribution >= 0.6 is 0 Å². The third-order valence-corrected chi connectivity index (χ3v) is 1.57. The standard InChI is InChI=1S/C7H15N2/c1-2-3-5-9-6-4-8-7-9/h5,8H,2-4,6-7H2,1H3. The Balaban J connectivity index is 1.98. The average Bonchev–Trinajstić information content (AvgIpc) is 2.34. The summed E-state index contributed by atoms with van der Waals surface area (Å²) in [7, 11) is 0. The minimum absolute atomic E-state index is 1.06. The number of hydrogen-bond acceptors (Lipinski definition) is 2. The molecule has 1 fully saturated rings. The van der Waals surface area contributed by atoms with E-state index in [1.54, 1.807) is 0 Å². The lowest BCUT2D eigenvalue weighted by atomic mass is 10.3. The molecule has 0 bridgehead atoms. The largest absolute Gasteiger partial charge is 0.303 e. The maximum atomic E-state index is 3.28. The van der Waals surface area contributed by atoms with Crippen LogP contribution in [0.15, 0.2) is 0 Å². The highest BCUT2D eigenvalue weighted by atomic mass is 15.3. The quantitative estimate of drug-likeness (QED) is 0.603. The Morgan fingerprint density at radius 2 is 2.56 bits per heavy atom. The molecular weight excluding hydrogens is 112 g/mol. The molecular formula is C7H15N2. The van der Waals surface area contributed by atoms with E-state index in [1.807, 2.05) is 0 Å². The lowest BCUT2D eigenvalue weighted by Gasteiger charge is -2.10. The number of unbranched alkanes of at least 4 members (excludes halogenated alkanes) is 1. The first-order chi connectivity index (χ1) is 4.43. The van der Waals surface area contributed by atoms with Gasteiger partial charge in [0.1, 0.15) is 0 Å². The summed E-state index contributed by atoms with van der Waals surface area (Å²) in [5.74, 6) is 0. The fourth-order valence-corrected chi connectivity index (χ4v) is 0.992. The topological polar surface area (TPSA) is 15.3 Å². The molecule has 1 N–H and O–H groups in total. The smallest absolute Gasteiger partial charge is 0.0484 e. The Labute approximate surface area is 57.2 Å². The molecule has 0 saturated carbocycles. The predicted molar refractivity (Wildman–Crippen MR) is 38.8 cm³/mol. The van der Waals surface area contributed by atoms with Gasteiger partial charge in [0.15, 0.2) is 0 Å². The van der Waals surface area contributed by atoms with Crippen LogP contribution in [0.4, 0.5) is 0 Å². The van der Waals surface area contributed by atoms with Crippen molar-refractivity contribution in [2.75, 3.05) is 19.8 Å². The zero-order valence-corrected chi connectivity index (χ0v) is 6.06. The van der Waals surface area contributed by atoms with Gasteiger partial charge in [-0.05, 0) is 6.42 Å². The minimum Gasteiger partial charge on any atom is -0.303 e. The van der Waals surface area contributed by atoms with Crippen molar-refractivity contribution in [3.8, 4) is 0 Å². The Kier molecular flexibility index (Phi) is 3.01. The zero-order valence-electron chi connectivity index (χ0n) is 6.06. The summed E-state index contributed by atoms with van der Waals surface area (Å²) in [5.41, 5.74) is 0. The molecule has 1 rings (SSSR count). The lowest BCUT2D eigenvalue weighted by molar-refractivity contribution is 0.393. The van der Waals surface area contributed by atoms with E-state index in [1.165, 1.54) is 19.4 Å². The highest BCUT2D eigenvalue weighted by molar-refractivity contribution is 4.73. The van der Waals surface area contributed by atoms with Gasteiger partial charge in [-0.25, -0.2) is 0 Å². The van der Waals surface area contributed by atoms with Crippen LogP contribution in [0.25, 0.3) is 0 Å². The van der Waals surface area contributed by atoms with Crippen molar-refractivity contribution in [2.45, 2.75) is 19.8 Å². The van der Waals surface area contributed by atoms with Crippen molar-refractivity contribution in [3.05, 3.63) is 6.54 Å². The fourth-order valence-electron chi connectivity index (χ4n) is 0.992. The van der Waals surface area contributed by atoms with Crippen molar-refractivity contribution >= 4 is 0 Å². The highest BCUT2D eigenvalue weighted by Gasteiger charge is 2.08. The molecule has 0 unspecified atom stereocenters. The molecule has 53 valence electrons. The third-order valence-electron chi connectivity index (χ3n) is 1.57. The fraction of sp³-hybridized carbons (Fsp3) is 0.857. The third kappa shape index (κ3) is 2.33. The van der Waals surface area contributed by atoms with E-state index in [0.717, 1.165) is 13.2 Å². The maximum Gasteiger partial charge on any atom is 0.0484 e. The van der Waals surface area contributed by atoms with Gasteiger partial charge in [-0.15, -0.1) is 0 Å². The zero-order chi connectivity index (χ0) is 6.53. The number of rotatable bonds is 3. The van der Waals surface area contributed by atoms with E-state index in [0.29, 0.717) is 0 Å². The molecule has 0 aromatic carbocycles. The minimum atomic E-state index is 1.06. The van der Waals surface area contributed by atoms with Crippen LogP contribution in [0.1, 0.15) is 19.8 Å². The molecule has 1 heterocycles. The molecule has 1 aliphatic heterocycles. The Bertz CT molecular complexity index is 67.3. The van der Waals surface area contributed by atoms with Crippen LogP contribution in [0.3, 0.4) is 0 Å². The summed E-state index contributed by atoms with van der Waals surface area (Å²) in [6.45, 7) is 7.90. The molecule has 0 aromatic heterocycles. The lowest BCUT2D eigenvalue weighted by Crippen LogP contribution is -2.18. The summed E-state index contributed by atoms with van der Waals surface area (Å²) < 4.78 is 0. The van der Waals surface area contributed by atoms with E-state index in [9.17, 15) is 0 Å². The van der Waals surface area contributed by atoms with Gasteiger partial charge in [0.25, 0.3) is 0 Å². The van der Waals surface area contributed by atoms with E-state index in [2.05, 4.69) is 23.7 Å². The summed E-state index contributed by atoms with van der Waals surface area (Å²) in [5, 5.41) is 3.28. The first-order valence-corrected chi connectivity index (χ1v) is 3.71. The summed E-state index contributed by atoms with van der Waals surface area (Å²) in [6, 6.07) is 0. The van der Waals surface area contributed by atoms with Crippen LogP contribution in [-0.4, -0.2) is 24.7 Å². The van der Waals surface area contributed by atoms with E-state index >= 15 is 0 Å². The molecule has 0 aromatic rings. The van der Waals surface area contributed by atoms with Gasteiger partial charge in [-0.3, -0.25) is 4.90 Å². The van der Waals surface area contributed by atoms with Gasteiger partial charge in [0.2, 0.25) is 0 Å². The van der Waals surface area contributed by atoms with Gasteiger partial charge in [-0.2, -0.15) is 0 Å². The van der Waals surface area contributed by atoms with Crippen molar-refractivity contribution in [1.29, 1.82) is 0 Å². The molecule has 1 saturated heterocycles. The molecule has 0 aliphatic carbocycles. The Morgan fingerprint density at radius 1 is 1.67 bits per heavy atom. The number of nitrogens with zero attached hydrogens (tertiary/aromatic N) is 1. The van der Waals surface area contributed by atoms with E-state index in [-0.39, 0.29) is 0 Å². The van der Waals surface area contributed by atoms with Crippen molar-refractivity contribution in [2.24, 2.45) is 0 Å². The van der Waals surface area contributed by atoms with Gasteiger partial charge in [0, 0.05) is 26.3 Å². The second-order valence-corrected chi connectivity index (χ2v) is 2.44. The van der Waals surface area contributed by atoms with Gasteiger partial charge >= 0.3 is 0 Å². The number of nitrogens with one attached hydrogen (secondary N) is 1. The number of hydrogen-bond donors (Lipinski definition) is 1. The Morgan fingerprint density at radius 3 is 3.11 bits per heavy atom. The molecule has 9 heavy (non-hydrogen) atoms. The van der Waals surface area contributed by atoms with Crippen LogP contribution in [0, 0.1) is 6.54 Å². The Hall–Kier alpha value is -0.0800. The van der Waals surface area contributed by atoms with Crippen molar-refractivity contribution in [1.82, 2.24) is 10.2 Å². The van der Waals surface area contributed by atoms with E-state index < -0.39 is 0 Å². The molecule has 1 radical (unpaired) electrons. The normalized spacial score (nSPS) is 21.0. The van der Waals surface area contributed by atoms with E-state index in [4.69, 9.17) is 0 Å². The van der Waals surface area contributed by atoms with Crippen LogP contribution < -0.4 is 5.32 Å². The van der Waals surface area contributed by atoms with Gasteiger partial charge in [0.05, 0.1) is 0 Å². The van der Waals surface area contributed by atoms with Crippen molar-refractivity contribution < 1.29 is 0 Å². The van der Waals surface area contributed by atoms with Crippen LogP contribution in [0.2, 0.25) is 0 Å². The SMILES string of the molecule is CCC[CH]N1CCNC1. The summed E-state index contributed by atoms with van der Waals surface area (Å²) >= 11 is 0. The maximum absolute atomic E-state index is 3.28. The monoisotopic (exact) mass is 127 g/mol. The molecule has 0 amide bonds. The van der Waals surface area contributed by atoms with Gasteiger partial charge < -0.3 is 5.32 Å². The molecule has 1 aliphatic rings. The second-order valence-electron chi connectivity index (χ2n) is 2.44. The summed E-state index contributed by atoms with van der Waals surface area (Å²) in [6.07, 6.45) is 2.48. The second kappa shape index (κ2) is 3.85. The summed E-state index contributed by atoms with van der Waals surface area (Å²) in [4.78, 5) is 2.34.